The lowest BCUT2D eigenvalue weighted by molar-refractivity contribution is -0.130. The number of aromatic nitrogens is 1. The zero-order valence-corrected chi connectivity index (χ0v) is 15.2. The van der Waals surface area contributed by atoms with Gasteiger partial charge in [-0.15, -0.1) is 0 Å². The molecule has 0 fully saturated rings. The molecule has 0 aliphatic carbocycles. The van der Waals surface area contributed by atoms with Gasteiger partial charge in [-0.3, -0.25) is 9.59 Å². The monoisotopic (exact) mass is 370 g/mol. The summed E-state index contributed by atoms with van der Waals surface area (Å²) in [5.74, 6) is 0.0380. The van der Waals surface area contributed by atoms with Crippen LogP contribution in [0.1, 0.15) is 24.0 Å². The quantitative estimate of drug-likeness (QED) is 0.878. The fraction of sp³-hybridized carbons (Fsp3) is 0.263. The minimum absolute atomic E-state index is 0.0938. The number of hydrogen-bond acceptors (Lipinski definition) is 4. The van der Waals surface area contributed by atoms with Gasteiger partial charge in [0.1, 0.15) is 11.5 Å². The van der Waals surface area contributed by atoms with E-state index in [1.165, 1.54) is 10.6 Å². The molecule has 0 radical (unpaired) electrons. The number of hydrazone groups is 1. The Balaban J connectivity index is 1.57. The van der Waals surface area contributed by atoms with Crippen LogP contribution in [-0.4, -0.2) is 34.6 Å². The maximum atomic E-state index is 12.2. The molecule has 26 heavy (non-hydrogen) atoms. The van der Waals surface area contributed by atoms with E-state index in [1.807, 2.05) is 30.3 Å². The minimum atomic E-state index is -0.330. The zero-order chi connectivity index (χ0) is 18.5. The van der Waals surface area contributed by atoms with Crippen LogP contribution >= 0.6 is 11.6 Å². The summed E-state index contributed by atoms with van der Waals surface area (Å²) in [7, 11) is 1.54. The van der Waals surface area contributed by atoms with Crippen LogP contribution < -0.4 is 5.32 Å². The molecule has 2 heterocycles. The lowest BCUT2D eigenvalue weighted by Gasteiger charge is -2.18. The molecule has 3 rings (SSSR count). The SMILES string of the molecule is CN1N=C(C(=O)Nc2ccc(CCc3cccc(Cl)c3)cn2)CCC1=O. The number of anilines is 1. The number of pyridine rings is 1. The van der Waals surface area contributed by atoms with Crippen molar-refractivity contribution in [3.05, 3.63) is 58.7 Å². The molecule has 2 aromatic rings. The molecule has 2 amide bonds. The van der Waals surface area contributed by atoms with E-state index < -0.39 is 0 Å². The highest BCUT2D eigenvalue weighted by atomic mass is 35.5. The summed E-state index contributed by atoms with van der Waals surface area (Å²) < 4.78 is 0. The first-order valence-corrected chi connectivity index (χ1v) is 8.74. The summed E-state index contributed by atoms with van der Waals surface area (Å²) >= 11 is 5.99. The van der Waals surface area contributed by atoms with Crippen molar-refractivity contribution in [3.8, 4) is 0 Å². The summed E-state index contributed by atoms with van der Waals surface area (Å²) in [5, 5.41) is 8.65. The standard InChI is InChI=1S/C19H19ClN4O2/c1-24-18(25)10-8-16(23-24)19(26)22-17-9-7-14(12-21-17)6-5-13-3-2-4-15(20)11-13/h2-4,7,9,11-12H,5-6,8,10H2,1H3,(H,21,22,26). The maximum absolute atomic E-state index is 12.2. The van der Waals surface area contributed by atoms with Crippen LogP contribution in [0.3, 0.4) is 0 Å². The summed E-state index contributed by atoms with van der Waals surface area (Å²) in [6.07, 6.45) is 4.08. The average molecular weight is 371 g/mol. The Kier molecular flexibility index (Phi) is 5.63. The molecule has 0 unspecified atom stereocenters. The Morgan fingerprint density at radius 2 is 2.00 bits per heavy atom. The second-order valence-corrected chi connectivity index (χ2v) is 6.54. The number of rotatable bonds is 5. The number of hydrogen-bond donors (Lipinski definition) is 1. The van der Waals surface area contributed by atoms with Crippen LogP contribution in [-0.2, 0) is 22.4 Å². The molecule has 0 bridgehead atoms. The second-order valence-electron chi connectivity index (χ2n) is 6.10. The van der Waals surface area contributed by atoms with Crippen molar-refractivity contribution in [1.82, 2.24) is 9.99 Å². The van der Waals surface area contributed by atoms with Crippen molar-refractivity contribution < 1.29 is 9.59 Å². The molecule has 0 atom stereocenters. The third-order valence-corrected chi connectivity index (χ3v) is 4.36. The van der Waals surface area contributed by atoms with E-state index in [1.54, 1.807) is 19.3 Å². The van der Waals surface area contributed by atoms with E-state index in [0.717, 1.165) is 23.4 Å². The fourth-order valence-electron chi connectivity index (χ4n) is 2.65. The minimum Gasteiger partial charge on any atom is -0.305 e. The molecule has 1 aromatic carbocycles. The van der Waals surface area contributed by atoms with Crippen LogP contribution in [0.4, 0.5) is 5.82 Å². The van der Waals surface area contributed by atoms with E-state index in [4.69, 9.17) is 11.6 Å². The molecule has 7 heteroatoms. The Labute approximate surface area is 156 Å². The number of aryl methyl sites for hydroxylation is 2. The van der Waals surface area contributed by atoms with Crippen molar-refractivity contribution in [3.63, 3.8) is 0 Å². The highest BCUT2D eigenvalue weighted by Crippen LogP contribution is 2.14. The van der Waals surface area contributed by atoms with Crippen LogP contribution in [0.15, 0.2) is 47.7 Å². The van der Waals surface area contributed by atoms with Crippen molar-refractivity contribution in [2.75, 3.05) is 12.4 Å². The summed E-state index contributed by atoms with van der Waals surface area (Å²) in [6, 6.07) is 11.5. The number of nitrogens with one attached hydrogen (secondary N) is 1. The zero-order valence-electron chi connectivity index (χ0n) is 14.4. The molecule has 1 N–H and O–H groups in total. The first-order valence-electron chi connectivity index (χ1n) is 8.36. The Morgan fingerprint density at radius 1 is 1.19 bits per heavy atom. The molecule has 1 aromatic heterocycles. The van der Waals surface area contributed by atoms with Gasteiger partial charge in [-0.25, -0.2) is 9.99 Å². The third kappa shape index (κ3) is 4.67. The van der Waals surface area contributed by atoms with Crippen LogP contribution in [0.2, 0.25) is 5.02 Å². The average Bonchev–Trinajstić information content (AvgIpc) is 2.63. The number of carbonyl (C=O) groups is 2. The Hall–Kier alpha value is -2.73. The number of halogens is 1. The van der Waals surface area contributed by atoms with Gasteiger partial charge in [0, 0.05) is 31.1 Å². The smallest absolute Gasteiger partial charge is 0.273 e. The predicted molar refractivity (Wildman–Crippen MR) is 101 cm³/mol. The van der Waals surface area contributed by atoms with Crippen molar-refractivity contribution in [2.24, 2.45) is 5.10 Å². The first-order chi connectivity index (χ1) is 12.5. The number of benzene rings is 1. The van der Waals surface area contributed by atoms with E-state index in [0.29, 0.717) is 24.4 Å². The van der Waals surface area contributed by atoms with Gasteiger partial charge in [-0.05, 0) is 42.2 Å². The van der Waals surface area contributed by atoms with Gasteiger partial charge < -0.3 is 5.32 Å². The lowest BCUT2D eigenvalue weighted by Crippen LogP contribution is -2.34. The Bertz CT molecular complexity index is 849. The van der Waals surface area contributed by atoms with Gasteiger partial charge in [-0.2, -0.15) is 5.10 Å². The lowest BCUT2D eigenvalue weighted by atomic mass is 10.1. The van der Waals surface area contributed by atoms with Crippen LogP contribution in [0, 0.1) is 0 Å². The van der Waals surface area contributed by atoms with Crippen molar-refractivity contribution in [1.29, 1.82) is 0 Å². The molecule has 0 saturated heterocycles. The number of amides is 2. The predicted octanol–water partition coefficient (Wildman–Crippen LogP) is 3.07. The van der Waals surface area contributed by atoms with Gasteiger partial charge in [-0.1, -0.05) is 29.8 Å². The molecule has 0 spiro atoms. The largest absolute Gasteiger partial charge is 0.305 e. The normalized spacial score (nSPS) is 14.2. The van der Waals surface area contributed by atoms with Gasteiger partial charge >= 0.3 is 0 Å². The maximum Gasteiger partial charge on any atom is 0.273 e. The molecular formula is C19H19ClN4O2. The number of carbonyl (C=O) groups excluding carboxylic acids is 2. The van der Waals surface area contributed by atoms with E-state index >= 15 is 0 Å². The van der Waals surface area contributed by atoms with Gasteiger partial charge in [0.15, 0.2) is 0 Å². The fourth-order valence-corrected chi connectivity index (χ4v) is 2.86. The van der Waals surface area contributed by atoms with Crippen molar-refractivity contribution >= 4 is 34.9 Å². The van der Waals surface area contributed by atoms with Crippen molar-refractivity contribution in [2.45, 2.75) is 25.7 Å². The molecule has 0 saturated carbocycles. The summed E-state index contributed by atoms with van der Waals surface area (Å²) in [5.41, 5.74) is 2.58. The van der Waals surface area contributed by atoms with Crippen LogP contribution in [0.5, 0.6) is 0 Å². The van der Waals surface area contributed by atoms with E-state index in [2.05, 4.69) is 15.4 Å². The topological polar surface area (TPSA) is 74.7 Å². The number of nitrogens with zero attached hydrogens (tertiary/aromatic N) is 3. The third-order valence-electron chi connectivity index (χ3n) is 4.13. The second kappa shape index (κ2) is 8.10. The summed E-state index contributed by atoms with van der Waals surface area (Å²) in [6.45, 7) is 0. The molecule has 134 valence electrons. The molecular weight excluding hydrogens is 352 g/mol. The van der Waals surface area contributed by atoms with Crippen LogP contribution in [0.25, 0.3) is 0 Å². The molecule has 1 aliphatic heterocycles. The van der Waals surface area contributed by atoms with Gasteiger partial charge in [0.05, 0.1) is 0 Å². The van der Waals surface area contributed by atoms with Gasteiger partial charge in [0.2, 0.25) is 5.91 Å². The van der Waals surface area contributed by atoms with E-state index in [-0.39, 0.29) is 11.8 Å². The van der Waals surface area contributed by atoms with Gasteiger partial charge in [0.25, 0.3) is 5.91 Å². The highest BCUT2D eigenvalue weighted by molar-refractivity contribution is 6.43. The first kappa shape index (κ1) is 18.1. The van der Waals surface area contributed by atoms with E-state index in [9.17, 15) is 9.59 Å². The summed E-state index contributed by atoms with van der Waals surface area (Å²) in [4.78, 5) is 27.9. The molecule has 1 aliphatic rings. The molecule has 6 nitrogen and oxygen atoms in total. The highest BCUT2D eigenvalue weighted by Gasteiger charge is 2.22. The Morgan fingerprint density at radius 3 is 2.69 bits per heavy atom.